The molecule has 3 heteroatoms. The Labute approximate surface area is 113 Å². The second kappa shape index (κ2) is 5.08. The molecular weight excluding hydrogens is 236 g/mol. The minimum atomic E-state index is 0.188. The summed E-state index contributed by atoms with van der Waals surface area (Å²) in [5.74, 6) is 0.384. The number of amides is 1. The van der Waals surface area contributed by atoms with E-state index in [1.165, 1.54) is 19.3 Å². The molecule has 100 valence electrons. The largest absolute Gasteiger partial charge is 0.357 e. The van der Waals surface area contributed by atoms with Gasteiger partial charge in [0.05, 0.1) is 5.69 Å². The van der Waals surface area contributed by atoms with Gasteiger partial charge in [-0.1, -0.05) is 37.5 Å². The van der Waals surface area contributed by atoms with Gasteiger partial charge in [-0.15, -0.1) is 0 Å². The lowest BCUT2D eigenvalue weighted by Crippen LogP contribution is -2.24. The van der Waals surface area contributed by atoms with Crippen molar-refractivity contribution in [3.63, 3.8) is 0 Å². The highest BCUT2D eigenvalue weighted by Crippen LogP contribution is 2.29. The number of aromatic amines is 1. The predicted octanol–water partition coefficient (Wildman–Crippen LogP) is 4.00. The van der Waals surface area contributed by atoms with Crippen LogP contribution in [0.4, 0.5) is 5.69 Å². The number of fused-ring (bicyclic) bond motifs is 1. The van der Waals surface area contributed by atoms with Crippen molar-refractivity contribution in [2.75, 3.05) is 5.32 Å². The van der Waals surface area contributed by atoms with Crippen LogP contribution >= 0.6 is 0 Å². The fourth-order valence-corrected chi connectivity index (χ4v) is 3.03. The first-order chi connectivity index (χ1) is 9.25. The lowest BCUT2D eigenvalue weighted by atomic mass is 9.88. The van der Waals surface area contributed by atoms with Gasteiger partial charge in [0, 0.05) is 22.5 Å². The van der Waals surface area contributed by atoms with Crippen LogP contribution in [-0.4, -0.2) is 10.9 Å². The summed E-state index contributed by atoms with van der Waals surface area (Å²) < 4.78 is 0. The highest BCUT2D eigenvalue weighted by atomic mass is 16.1. The van der Waals surface area contributed by atoms with Crippen LogP contribution < -0.4 is 5.32 Å². The van der Waals surface area contributed by atoms with Crippen LogP contribution in [-0.2, 0) is 4.79 Å². The van der Waals surface area contributed by atoms with Gasteiger partial charge in [0.15, 0.2) is 0 Å². The number of carbonyl (C=O) groups excluding carboxylic acids is 1. The number of rotatable bonds is 2. The maximum atomic E-state index is 12.3. The average Bonchev–Trinajstić information content (AvgIpc) is 2.76. The van der Waals surface area contributed by atoms with Crippen molar-refractivity contribution in [3.05, 3.63) is 30.0 Å². The first-order valence-electron chi connectivity index (χ1n) is 7.14. The van der Waals surface area contributed by atoms with Crippen LogP contribution in [0.25, 0.3) is 10.9 Å². The fourth-order valence-electron chi connectivity index (χ4n) is 3.03. The minimum Gasteiger partial charge on any atom is -0.357 e. The third-order valence-corrected chi connectivity index (χ3v) is 4.12. The Balaban J connectivity index is 1.84. The minimum absolute atomic E-state index is 0.188. The van der Waals surface area contributed by atoms with Crippen molar-refractivity contribution >= 4 is 22.5 Å². The summed E-state index contributed by atoms with van der Waals surface area (Å²) in [6.07, 6.45) is 5.71. The molecule has 0 spiro atoms. The molecule has 3 nitrogen and oxygen atoms in total. The molecule has 1 amide bonds. The molecule has 0 saturated heterocycles. The predicted molar refractivity (Wildman–Crippen MR) is 78.2 cm³/mol. The third kappa shape index (κ3) is 2.37. The van der Waals surface area contributed by atoms with Crippen LogP contribution in [0, 0.1) is 12.8 Å². The summed E-state index contributed by atoms with van der Waals surface area (Å²) in [7, 11) is 0. The van der Waals surface area contributed by atoms with Crippen LogP contribution in [0.3, 0.4) is 0 Å². The quantitative estimate of drug-likeness (QED) is 0.838. The SMILES string of the molecule is Cc1[nH]c2ccccc2c1NC(=O)C1CCCCC1. The number of anilines is 1. The molecule has 3 rings (SSSR count). The molecule has 0 aliphatic heterocycles. The van der Waals surface area contributed by atoms with Gasteiger partial charge >= 0.3 is 0 Å². The second-order valence-corrected chi connectivity index (χ2v) is 5.49. The van der Waals surface area contributed by atoms with E-state index in [0.717, 1.165) is 35.1 Å². The molecule has 2 aromatic rings. The van der Waals surface area contributed by atoms with E-state index in [1.54, 1.807) is 0 Å². The Hall–Kier alpha value is -1.77. The average molecular weight is 256 g/mol. The highest BCUT2D eigenvalue weighted by molar-refractivity contribution is 6.03. The maximum absolute atomic E-state index is 12.3. The third-order valence-electron chi connectivity index (χ3n) is 4.12. The van der Waals surface area contributed by atoms with E-state index in [0.29, 0.717) is 0 Å². The molecule has 1 aromatic heterocycles. The Morgan fingerprint density at radius 3 is 2.74 bits per heavy atom. The molecule has 0 unspecified atom stereocenters. The molecule has 1 aliphatic carbocycles. The van der Waals surface area contributed by atoms with Gasteiger partial charge in [-0.2, -0.15) is 0 Å². The molecule has 0 radical (unpaired) electrons. The summed E-state index contributed by atoms with van der Waals surface area (Å²) in [6, 6.07) is 8.10. The molecule has 0 atom stereocenters. The number of benzene rings is 1. The number of hydrogen-bond acceptors (Lipinski definition) is 1. The highest BCUT2D eigenvalue weighted by Gasteiger charge is 2.22. The number of H-pyrrole nitrogens is 1. The summed E-state index contributed by atoms with van der Waals surface area (Å²) in [4.78, 5) is 15.7. The van der Waals surface area contributed by atoms with Crippen LogP contribution in [0.2, 0.25) is 0 Å². The van der Waals surface area contributed by atoms with E-state index in [9.17, 15) is 4.79 Å². The van der Waals surface area contributed by atoms with Gasteiger partial charge in [0.2, 0.25) is 5.91 Å². The Bertz CT molecular complexity index is 594. The monoisotopic (exact) mass is 256 g/mol. The lowest BCUT2D eigenvalue weighted by Gasteiger charge is -2.20. The van der Waals surface area contributed by atoms with Crippen LogP contribution in [0.5, 0.6) is 0 Å². The van der Waals surface area contributed by atoms with E-state index < -0.39 is 0 Å². The van der Waals surface area contributed by atoms with E-state index in [4.69, 9.17) is 0 Å². The summed E-state index contributed by atoms with van der Waals surface area (Å²) in [6.45, 7) is 2.01. The van der Waals surface area contributed by atoms with Gasteiger partial charge in [0.25, 0.3) is 0 Å². The molecule has 1 heterocycles. The van der Waals surface area contributed by atoms with Crippen molar-refractivity contribution in [3.8, 4) is 0 Å². The van der Waals surface area contributed by atoms with Crippen molar-refractivity contribution in [1.29, 1.82) is 0 Å². The standard InChI is InChI=1S/C16H20N2O/c1-11-15(13-9-5-6-10-14(13)17-11)18-16(19)12-7-3-2-4-8-12/h5-6,9-10,12,17H,2-4,7-8H2,1H3,(H,18,19). The first-order valence-corrected chi connectivity index (χ1v) is 7.14. The van der Waals surface area contributed by atoms with Crippen LogP contribution in [0.15, 0.2) is 24.3 Å². The topological polar surface area (TPSA) is 44.9 Å². The first kappa shape index (κ1) is 12.3. The molecular formula is C16H20N2O. The zero-order valence-electron chi connectivity index (χ0n) is 11.3. The number of aromatic nitrogens is 1. The van der Waals surface area contributed by atoms with E-state index in [1.807, 2.05) is 25.1 Å². The number of nitrogens with one attached hydrogen (secondary N) is 2. The maximum Gasteiger partial charge on any atom is 0.227 e. The molecule has 0 bridgehead atoms. The molecule has 1 fully saturated rings. The lowest BCUT2D eigenvalue weighted by molar-refractivity contribution is -0.120. The second-order valence-electron chi connectivity index (χ2n) is 5.49. The zero-order valence-corrected chi connectivity index (χ0v) is 11.3. The van der Waals surface area contributed by atoms with Crippen LogP contribution in [0.1, 0.15) is 37.8 Å². The van der Waals surface area contributed by atoms with Gasteiger partial charge in [-0.3, -0.25) is 4.79 Å². The van der Waals surface area contributed by atoms with Crippen molar-refractivity contribution in [1.82, 2.24) is 4.98 Å². The Morgan fingerprint density at radius 2 is 1.95 bits per heavy atom. The smallest absolute Gasteiger partial charge is 0.227 e. The molecule has 2 N–H and O–H groups in total. The van der Waals surface area contributed by atoms with Crippen molar-refractivity contribution in [2.45, 2.75) is 39.0 Å². The molecule has 1 aliphatic rings. The van der Waals surface area contributed by atoms with E-state index >= 15 is 0 Å². The van der Waals surface area contributed by atoms with Gasteiger partial charge in [0.1, 0.15) is 0 Å². The summed E-state index contributed by atoms with van der Waals surface area (Å²) >= 11 is 0. The number of para-hydroxylation sites is 1. The van der Waals surface area contributed by atoms with Crippen molar-refractivity contribution in [2.24, 2.45) is 5.92 Å². The molecule has 19 heavy (non-hydrogen) atoms. The molecule has 1 aromatic carbocycles. The number of aryl methyl sites for hydroxylation is 1. The van der Waals surface area contributed by atoms with Gasteiger partial charge in [-0.25, -0.2) is 0 Å². The fraction of sp³-hybridized carbons (Fsp3) is 0.438. The summed E-state index contributed by atoms with van der Waals surface area (Å²) in [5, 5.41) is 4.23. The Morgan fingerprint density at radius 1 is 1.21 bits per heavy atom. The summed E-state index contributed by atoms with van der Waals surface area (Å²) in [5.41, 5.74) is 3.07. The van der Waals surface area contributed by atoms with E-state index in [-0.39, 0.29) is 11.8 Å². The van der Waals surface area contributed by atoms with Crippen molar-refractivity contribution < 1.29 is 4.79 Å². The number of carbonyl (C=O) groups is 1. The van der Waals surface area contributed by atoms with E-state index in [2.05, 4.69) is 16.4 Å². The zero-order chi connectivity index (χ0) is 13.2. The molecule has 1 saturated carbocycles. The Kier molecular flexibility index (Phi) is 3.28. The van der Waals surface area contributed by atoms with Gasteiger partial charge in [-0.05, 0) is 25.8 Å². The van der Waals surface area contributed by atoms with Gasteiger partial charge < -0.3 is 10.3 Å². The number of hydrogen-bond donors (Lipinski definition) is 2. The normalized spacial score (nSPS) is 16.7.